The van der Waals surface area contributed by atoms with Crippen molar-refractivity contribution in [1.82, 2.24) is 5.32 Å². The van der Waals surface area contributed by atoms with Gasteiger partial charge in [-0.1, -0.05) is 19.1 Å². The smallest absolute Gasteiger partial charge is 0.0699 e. The number of nitrogens with one attached hydrogen (secondary N) is 1. The first-order valence-corrected chi connectivity index (χ1v) is 6.29. The van der Waals surface area contributed by atoms with Crippen LogP contribution in [0, 0.1) is 0 Å². The van der Waals surface area contributed by atoms with Crippen molar-refractivity contribution >= 4 is 0 Å². The summed E-state index contributed by atoms with van der Waals surface area (Å²) in [6.07, 6.45) is 10.4. The summed E-state index contributed by atoms with van der Waals surface area (Å²) in [5, 5.41) is 3.45. The molecule has 2 nitrogen and oxygen atoms in total. The van der Waals surface area contributed by atoms with Crippen LogP contribution in [0.1, 0.15) is 46.0 Å². The van der Waals surface area contributed by atoms with Gasteiger partial charge in [0.2, 0.25) is 0 Å². The van der Waals surface area contributed by atoms with E-state index in [9.17, 15) is 0 Å². The van der Waals surface area contributed by atoms with Crippen LogP contribution in [0.5, 0.6) is 0 Å². The van der Waals surface area contributed by atoms with Crippen LogP contribution in [0.2, 0.25) is 0 Å². The molecule has 0 unspecified atom stereocenters. The van der Waals surface area contributed by atoms with E-state index in [1.807, 2.05) is 6.92 Å². The molecule has 1 saturated carbocycles. The third kappa shape index (κ3) is 4.35. The van der Waals surface area contributed by atoms with Crippen LogP contribution in [0.15, 0.2) is 12.2 Å². The first-order valence-electron chi connectivity index (χ1n) is 6.29. The van der Waals surface area contributed by atoms with E-state index in [-0.39, 0.29) is 5.60 Å². The summed E-state index contributed by atoms with van der Waals surface area (Å²) >= 11 is 0. The predicted molar refractivity (Wildman–Crippen MR) is 65.1 cm³/mol. The Morgan fingerprint density at radius 2 is 2.13 bits per heavy atom. The summed E-state index contributed by atoms with van der Waals surface area (Å²) in [5.74, 6) is 0. The number of ether oxygens (including phenoxy) is 1. The van der Waals surface area contributed by atoms with Crippen LogP contribution in [0.3, 0.4) is 0 Å². The first kappa shape index (κ1) is 12.7. The maximum absolute atomic E-state index is 5.96. The summed E-state index contributed by atoms with van der Waals surface area (Å²) in [4.78, 5) is 0. The molecule has 1 rings (SSSR count). The summed E-state index contributed by atoms with van der Waals surface area (Å²) < 4.78 is 5.96. The molecule has 0 heterocycles. The molecule has 0 radical (unpaired) electrons. The molecular weight excluding hydrogens is 186 g/mol. The van der Waals surface area contributed by atoms with Gasteiger partial charge >= 0.3 is 0 Å². The van der Waals surface area contributed by atoms with Crippen molar-refractivity contribution in [3.63, 3.8) is 0 Å². The number of allylic oxidation sites excluding steroid dienone is 1. The van der Waals surface area contributed by atoms with Crippen LogP contribution in [0.4, 0.5) is 0 Å². The molecule has 1 N–H and O–H groups in total. The highest BCUT2D eigenvalue weighted by molar-refractivity contribution is 4.91. The Hall–Kier alpha value is -0.340. The van der Waals surface area contributed by atoms with Crippen LogP contribution < -0.4 is 5.32 Å². The number of hydrogen-bond donors (Lipinski definition) is 1. The molecule has 0 spiro atoms. The van der Waals surface area contributed by atoms with Gasteiger partial charge in [0, 0.05) is 0 Å². The van der Waals surface area contributed by atoms with Crippen molar-refractivity contribution in [3.05, 3.63) is 12.2 Å². The molecule has 0 saturated heterocycles. The van der Waals surface area contributed by atoms with Crippen LogP contribution in [-0.4, -0.2) is 25.3 Å². The van der Waals surface area contributed by atoms with Crippen molar-refractivity contribution in [2.75, 3.05) is 19.7 Å². The average Bonchev–Trinajstić information content (AvgIpc) is 2.19. The van der Waals surface area contributed by atoms with E-state index in [1.54, 1.807) is 0 Å². The lowest BCUT2D eigenvalue weighted by atomic mass is 9.77. The molecular formula is C13H25NO. The number of rotatable bonds is 8. The van der Waals surface area contributed by atoms with Gasteiger partial charge in [0.1, 0.15) is 0 Å². The van der Waals surface area contributed by atoms with Crippen molar-refractivity contribution in [3.8, 4) is 0 Å². The molecule has 0 aromatic rings. The van der Waals surface area contributed by atoms with E-state index in [0.717, 1.165) is 19.7 Å². The largest absolute Gasteiger partial charge is 0.371 e. The Kier molecular flexibility index (Phi) is 5.96. The van der Waals surface area contributed by atoms with Crippen molar-refractivity contribution in [2.24, 2.45) is 0 Å². The lowest BCUT2D eigenvalue weighted by molar-refractivity contribution is -0.0930. The van der Waals surface area contributed by atoms with E-state index in [1.165, 1.54) is 32.1 Å². The van der Waals surface area contributed by atoms with Gasteiger partial charge in [-0.2, -0.15) is 0 Å². The summed E-state index contributed by atoms with van der Waals surface area (Å²) in [7, 11) is 0. The zero-order valence-electron chi connectivity index (χ0n) is 10.2. The molecule has 0 aromatic heterocycles. The van der Waals surface area contributed by atoms with E-state index in [2.05, 4.69) is 24.4 Å². The second-order valence-corrected chi connectivity index (χ2v) is 4.42. The van der Waals surface area contributed by atoms with E-state index >= 15 is 0 Å². The van der Waals surface area contributed by atoms with Gasteiger partial charge < -0.3 is 10.1 Å². The second kappa shape index (κ2) is 7.02. The molecule has 1 aliphatic rings. The molecule has 0 bridgehead atoms. The van der Waals surface area contributed by atoms with Gasteiger partial charge in [-0.3, -0.25) is 0 Å². The highest BCUT2D eigenvalue weighted by Crippen LogP contribution is 2.38. The van der Waals surface area contributed by atoms with Crippen LogP contribution in [-0.2, 0) is 4.74 Å². The van der Waals surface area contributed by atoms with Crippen LogP contribution >= 0.6 is 0 Å². The molecule has 0 atom stereocenters. The normalized spacial score (nSPS) is 19.3. The fourth-order valence-electron chi connectivity index (χ4n) is 1.98. The van der Waals surface area contributed by atoms with Gasteiger partial charge in [0.25, 0.3) is 0 Å². The SMILES string of the molecule is C/C=C/COC1(CCNCCC)CCC1. The maximum atomic E-state index is 5.96. The maximum Gasteiger partial charge on any atom is 0.0699 e. The van der Waals surface area contributed by atoms with Crippen molar-refractivity contribution < 1.29 is 4.74 Å². The van der Waals surface area contributed by atoms with Gasteiger partial charge in [-0.15, -0.1) is 0 Å². The first-order chi connectivity index (χ1) is 7.33. The third-order valence-corrected chi connectivity index (χ3v) is 3.17. The lowest BCUT2D eigenvalue weighted by Crippen LogP contribution is -2.42. The molecule has 0 aromatic carbocycles. The quantitative estimate of drug-likeness (QED) is 0.492. The Bertz CT molecular complexity index is 185. The fraction of sp³-hybridized carbons (Fsp3) is 0.846. The van der Waals surface area contributed by atoms with Gasteiger partial charge in [-0.05, 0) is 52.1 Å². The highest BCUT2D eigenvalue weighted by atomic mass is 16.5. The average molecular weight is 211 g/mol. The summed E-state index contributed by atoms with van der Waals surface area (Å²) in [6.45, 7) is 7.26. The minimum atomic E-state index is 0.209. The third-order valence-electron chi connectivity index (χ3n) is 3.17. The van der Waals surface area contributed by atoms with Gasteiger partial charge in [0.05, 0.1) is 12.2 Å². The van der Waals surface area contributed by atoms with E-state index in [0.29, 0.717) is 0 Å². The van der Waals surface area contributed by atoms with Crippen molar-refractivity contribution in [1.29, 1.82) is 0 Å². The lowest BCUT2D eigenvalue weighted by Gasteiger charge is -2.41. The van der Waals surface area contributed by atoms with Crippen LogP contribution in [0.25, 0.3) is 0 Å². The van der Waals surface area contributed by atoms with E-state index in [4.69, 9.17) is 4.74 Å². The monoisotopic (exact) mass is 211 g/mol. The zero-order chi connectivity index (χ0) is 11.0. The summed E-state index contributed by atoms with van der Waals surface area (Å²) in [5.41, 5.74) is 0.209. The fourth-order valence-corrected chi connectivity index (χ4v) is 1.98. The van der Waals surface area contributed by atoms with E-state index < -0.39 is 0 Å². The molecule has 0 amide bonds. The molecule has 2 heteroatoms. The predicted octanol–water partition coefficient (Wildman–Crippen LogP) is 2.89. The highest BCUT2D eigenvalue weighted by Gasteiger charge is 2.36. The number of hydrogen-bond acceptors (Lipinski definition) is 2. The van der Waals surface area contributed by atoms with Crippen molar-refractivity contribution in [2.45, 2.75) is 51.6 Å². The molecule has 88 valence electrons. The minimum absolute atomic E-state index is 0.209. The Labute approximate surface area is 94.1 Å². The topological polar surface area (TPSA) is 21.3 Å². The molecule has 1 aliphatic carbocycles. The Morgan fingerprint density at radius 3 is 2.67 bits per heavy atom. The van der Waals surface area contributed by atoms with Gasteiger partial charge in [-0.25, -0.2) is 0 Å². The zero-order valence-corrected chi connectivity index (χ0v) is 10.2. The Morgan fingerprint density at radius 1 is 1.33 bits per heavy atom. The standard InChI is InChI=1S/C13H25NO/c1-3-5-12-15-13(7-6-8-13)9-11-14-10-4-2/h3,5,14H,4,6-12H2,1-2H3/b5-3+. The Balaban J connectivity index is 2.15. The molecule has 1 fully saturated rings. The van der Waals surface area contributed by atoms with Gasteiger partial charge in [0.15, 0.2) is 0 Å². The second-order valence-electron chi connectivity index (χ2n) is 4.42. The molecule has 0 aliphatic heterocycles. The molecule has 15 heavy (non-hydrogen) atoms. The summed E-state index contributed by atoms with van der Waals surface area (Å²) in [6, 6.07) is 0. The minimum Gasteiger partial charge on any atom is -0.371 e.